The lowest BCUT2D eigenvalue weighted by molar-refractivity contribution is -0.849. The van der Waals surface area contributed by atoms with Gasteiger partial charge in [-0.15, -0.1) is 3.89 Å². The zero-order valence-electron chi connectivity index (χ0n) is 6.46. The predicted molar refractivity (Wildman–Crippen MR) is 34.8 cm³/mol. The topological polar surface area (TPSA) is 57.2 Å². The smallest absolute Gasteiger partial charge is 0.255 e. The maximum absolute atomic E-state index is 10.1. The monoisotopic (exact) mass is 173 g/mol. The van der Waals surface area contributed by atoms with Crippen LogP contribution in [0.5, 0.6) is 0 Å². The van der Waals surface area contributed by atoms with E-state index in [1.54, 1.807) is 0 Å². The van der Waals surface area contributed by atoms with Gasteiger partial charge in [0.25, 0.3) is 10.5 Å². The molecular formula is C4H12FNO3S. The Kier molecular flexibility index (Phi) is 4.80. The van der Waals surface area contributed by atoms with Gasteiger partial charge in [-0.2, -0.15) is 0 Å². The molecule has 64 valence electrons. The van der Waals surface area contributed by atoms with E-state index in [1.165, 1.54) is 0 Å². The van der Waals surface area contributed by atoms with E-state index in [-0.39, 0.29) is 0 Å². The Morgan fingerprint density at radius 1 is 1.20 bits per heavy atom. The summed E-state index contributed by atoms with van der Waals surface area (Å²) in [6.07, 6.45) is 0. The standard InChI is InChI=1S/C4H12N.FHO3S/c2*1-5(2,3)4/h1-4H3;(H,2,3,4)/q+1;/p-1. The van der Waals surface area contributed by atoms with E-state index >= 15 is 0 Å². The van der Waals surface area contributed by atoms with E-state index in [4.69, 9.17) is 13.0 Å². The summed E-state index contributed by atoms with van der Waals surface area (Å²) in [7, 11) is 3.08. The second kappa shape index (κ2) is 3.85. The van der Waals surface area contributed by atoms with Crippen LogP contribution in [0.1, 0.15) is 0 Å². The molecule has 0 unspecified atom stereocenters. The first kappa shape index (κ1) is 12.5. The average Bonchev–Trinajstić information content (AvgIpc) is 1.12. The quantitative estimate of drug-likeness (QED) is 0.288. The van der Waals surface area contributed by atoms with Crippen LogP contribution in [0.25, 0.3) is 0 Å². The Labute approximate surface area is 60.9 Å². The van der Waals surface area contributed by atoms with Crippen molar-refractivity contribution in [2.24, 2.45) is 0 Å². The molecule has 0 aromatic heterocycles. The molecule has 0 N–H and O–H groups in total. The molecule has 6 heteroatoms. The van der Waals surface area contributed by atoms with Gasteiger partial charge >= 0.3 is 0 Å². The highest BCUT2D eigenvalue weighted by atomic mass is 32.3. The van der Waals surface area contributed by atoms with Crippen molar-refractivity contribution in [3.63, 3.8) is 0 Å². The first-order chi connectivity index (χ1) is 4.00. The molecule has 0 saturated carbocycles. The molecule has 0 aliphatic heterocycles. The van der Waals surface area contributed by atoms with Gasteiger partial charge in [0.15, 0.2) is 0 Å². The van der Waals surface area contributed by atoms with Crippen LogP contribution in [0.2, 0.25) is 0 Å². The summed E-state index contributed by atoms with van der Waals surface area (Å²) >= 11 is 0. The minimum absolute atomic E-state index is 1.00. The number of quaternary nitrogens is 1. The third-order valence-electron chi connectivity index (χ3n) is 0. The van der Waals surface area contributed by atoms with Gasteiger partial charge in [-0.25, -0.2) is 8.42 Å². The number of rotatable bonds is 0. The highest BCUT2D eigenvalue weighted by Gasteiger charge is 1.88. The van der Waals surface area contributed by atoms with E-state index in [0.717, 1.165) is 4.48 Å². The summed E-state index contributed by atoms with van der Waals surface area (Å²) in [6.45, 7) is 0. The van der Waals surface area contributed by atoms with Crippen molar-refractivity contribution in [2.45, 2.75) is 0 Å². The van der Waals surface area contributed by atoms with Crippen LogP contribution in [0.15, 0.2) is 0 Å². The average molecular weight is 173 g/mol. The SMILES string of the molecule is C[N+](C)(C)C.O=S(=O)([O-])F. The Balaban J connectivity index is 0. The minimum atomic E-state index is -5.42. The van der Waals surface area contributed by atoms with E-state index < -0.39 is 10.5 Å². The third-order valence-corrected chi connectivity index (χ3v) is 0. The minimum Gasteiger partial charge on any atom is -0.722 e. The van der Waals surface area contributed by atoms with Gasteiger partial charge < -0.3 is 9.04 Å². The number of hydrogen-bond acceptors (Lipinski definition) is 3. The highest BCUT2D eigenvalue weighted by Crippen LogP contribution is 1.74. The zero-order chi connectivity index (χ0) is 9.00. The fourth-order valence-electron chi connectivity index (χ4n) is 0. The van der Waals surface area contributed by atoms with Crippen LogP contribution in [-0.4, -0.2) is 45.6 Å². The van der Waals surface area contributed by atoms with E-state index in [9.17, 15) is 3.89 Å². The van der Waals surface area contributed by atoms with Crippen LogP contribution in [0.3, 0.4) is 0 Å². The maximum Gasteiger partial charge on any atom is 0.255 e. The van der Waals surface area contributed by atoms with Gasteiger partial charge in [-0.1, -0.05) is 0 Å². The lowest BCUT2D eigenvalue weighted by Crippen LogP contribution is -2.27. The van der Waals surface area contributed by atoms with Gasteiger partial charge in [0.1, 0.15) is 0 Å². The molecule has 0 bridgehead atoms. The van der Waals surface area contributed by atoms with Gasteiger partial charge in [-0.05, 0) is 0 Å². The fourth-order valence-corrected chi connectivity index (χ4v) is 0. The highest BCUT2D eigenvalue weighted by molar-refractivity contribution is 7.80. The Bertz CT molecular complexity index is 155. The second-order valence-electron chi connectivity index (χ2n) is 3.08. The normalized spacial score (nSPS) is 11.8. The zero-order valence-corrected chi connectivity index (χ0v) is 7.27. The Morgan fingerprint density at radius 2 is 1.20 bits per heavy atom. The number of halogens is 1. The predicted octanol–water partition coefficient (Wildman–Crippen LogP) is -0.261. The van der Waals surface area contributed by atoms with Gasteiger partial charge in [-0.3, -0.25) is 0 Å². The molecule has 0 radical (unpaired) electrons. The molecule has 0 saturated heterocycles. The van der Waals surface area contributed by atoms with Crippen LogP contribution in [0.4, 0.5) is 3.89 Å². The Morgan fingerprint density at radius 3 is 1.20 bits per heavy atom. The number of hydrogen-bond donors (Lipinski definition) is 0. The molecular weight excluding hydrogens is 161 g/mol. The van der Waals surface area contributed by atoms with Crippen molar-refractivity contribution >= 4 is 10.5 Å². The summed E-state index contributed by atoms with van der Waals surface area (Å²) in [5.74, 6) is 0. The van der Waals surface area contributed by atoms with E-state index in [2.05, 4.69) is 28.2 Å². The molecule has 0 aromatic rings. The summed E-state index contributed by atoms with van der Waals surface area (Å²) < 4.78 is 36.3. The molecule has 0 heterocycles. The van der Waals surface area contributed by atoms with Crippen LogP contribution < -0.4 is 0 Å². The molecule has 10 heavy (non-hydrogen) atoms. The second-order valence-corrected chi connectivity index (χ2v) is 3.86. The summed E-state index contributed by atoms with van der Waals surface area (Å²) in [5.41, 5.74) is 0. The molecule has 4 nitrogen and oxygen atoms in total. The van der Waals surface area contributed by atoms with Gasteiger partial charge in [0, 0.05) is 0 Å². The molecule has 0 fully saturated rings. The van der Waals surface area contributed by atoms with Gasteiger partial charge in [0.05, 0.1) is 28.2 Å². The first-order valence-electron chi connectivity index (χ1n) is 2.44. The first-order valence-corrected chi connectivity index (χ1v) is 3.75. The van der Waals surface area contributed by atoms with E-state index in [1.807, 2.05) is 0 Å². The van der Waals surface area contributed by atoms with Crippen molar-refractivity contribution in [3.05, 3.63) is 0 Å². The molecule has 0 aliphatic carbocycles. The maximum atomic E-state index is 10.1. The van der Waals surface area contributed by atoms with Crippen molar-refractivity contribution in [3.8, 4) is 0 Å². The molecule has 0 aromatic carbocycles. The van der Waals surface area contributed by atoms with Crippen molar-refractivity contribution in [1.82, 2.24) is 0 Å². The lowest BCUT2D eigenvalue weighted by Gasteiger charge is -2.14. The molecule has 0 rings (SSSR count). The van der Waals surface area contributed by atoms with Crippen LogP contribution in [0, 0.1) is 0 Å². The summed E-state index contributed by atoms with van der Waals surface area (Å²) in [5, 5.41) is 0. The lowest BCUT2D eigenvalue weighted by atomic mass is 10.8. The van der Waals surface area contributed by atoms with Gasteiger partial charge in [0.2, 0.25) is 0 Å². The van der Waals surface area contributed by atoms with E-state index in [0.29, 0.717) is 0 Å². The van der Waals surface area contributed by atoms with Crippen LogP contribution >= 0.6 is 0 Å². The number of nitrogens with zero attached hydrogens (tertiary/aromatic N) is 1. The van der Waals surface area contributed by atoms with Crippen molar-refractivity contribution in [2.75, 3.05) is 28.2 Å². The summed E-state index contributed by atoms with van der Waals surface area (Å²) in [6, 6.07) is 0. The molecule has 0 spiro atoms. The molecule has 0 aliphatic rings. The summed E-state index contributed by atoms with van der Waals surface area (Å²) in [4.78, 5) is 0. The largest absolute Gasteiger partial charge is 0.722 e. The van der Waals surface area contributed by atoms with Crippen molar-refractivity contribution < 1.29 is 21.3 Å². The molecule has 0 atom stereocenters. The van der Waals surface area contributed by atoms with Crippen LogP contribution in [-0.2, 0) is 10.5 Å². The molecule has 0 amide bonds. The third kappa shape index (κ3) is 9020. The van der Waals surface area contributed by atoms with Crippen molar-refractivity contribution in [1.29, 1.82) is 0 Å². The Hall–Kier alpha value is -0.200. The fraction of sp³-hybridized carbons (Fsp3) is 1.00.